The lowest BCUT2D eigenvalue weighted by Gasteiger charge is -2.29. The molecule has 1 atom stereocenters. The van der Waals surface area contributed by atoms with E-state index >= 15 is 0 Å². The number of hydrazone groups is 1. The van der Waals surface area contributed by atoms with Gasteiger partial charge in [-0.3, -0.25) is 4.79 Å². The van der Waals surface area contributed by atoms with Gasteiger partial charge in [0.05, 0.1) is 4.90 Å². The van der Waals surface area contributed by atoms with Crippen LogP contribution in [0.15, 0.2) is 52.5 Å². The lowest BCUT2D eigenvalue weighted by atomic mass is 10.0. The van der Waals surface area contributed by atoms with Crippen molar-refractivity contribution in [2.75, 3.05) is 13.8 Å². The molecule has 0 radical (unpaired) electrons. The number of likely N-dealkylation sites (N-methyl/N-ethyl adjacent to an activating group) is 1. The Hall–Kier alpha value is -3.31. The molecule has 1 saturated carbocycles. The van der Waals surface area contributed by atoms with Gasteiger partial charge in [-0.1, -0.05) is 37.1 Å². The number of amidine groups is 1. The number of sulfonamides is 1. The minimum atomic E-state index is -4.02. The van der Waals surface area contributed by atoms with E-state index in [1.54, 1.807) is 42.3 Å². The van der Waals surface area contributed by atoms with Crippen LogP contribution in [0.1, 0.15) is 36.8 Å². The number of fused-ring (bicyclic) bond motifs is 1. The fraction of sp³-hybridized carbons (Fsp3) is 0.391. The van der Waals surface area contributed by atoms with Gasteiger partial charge in [-0.25, -0.2) is 8.42 Å². The van der Waals surface area contributed by atoms with Gasteiger partial charge in [0.25, 0.3) is 0 Å². The first-order valence-electron chi connectivity index (χ1n) is 11.1. The number of amides is 1. The van der Waals surface area contributed by atoms with E-state index in [4.69, 9.17) is 21.1 Å². The Kier molecular flexibility index (Phi) is 6.94. The normalized spacial score (nSPS) is 17.0. The minimum absolute atomic E-state index is 0.000322. The number of benzene rings is 2. The third-order valence-electron chi connectivity index (χ3n) is 6.30. The van der Waals surface area contributed by atoms with Crippen LogP contribution in [0.4, 0.5) is 0 Å². The Morgan fingerprint density at radius 1 is 1.15 bits per heavy atom. The average molecular weight is 488 g/mol. The van der Waals surface area contributed by atoms with E-state index in [0.29, 0.717) is 17.1 Å². The van der Waals surface area contributed by atoms with Crippen LogP contribution >= 0.6 is 0 Å². The standard InChI is InChI=1S/C23H29N5O5S/c1-28(17-4-2-3-5-17)23(29)19(12-15-6-8-16(9-7-15)22(24)26-25)27-34(30,31)18-10-11-20-21(13-18)33-14-32-20/h6-11,13,17,19,27H,2-5,12,14,25H2,1H3,(H2,24,26)/t19-/m0/s1. The number of carbonyl (C=O) groups is 1. The SMILES string of the molecule is CN(C(=O)[C@H](Cc1ccc(/C(N)=N/N)cc1)NS(=O)(=O)c1ccc2c(c1)OCO2)C1CCCC1. The maximum Gasteiger partial charge on any atom is 0.241 e. The molecule has 34 heavy (non-hydrogen) atoms. The molecule has 1 fully saturated rings. The summed E-state index contributed by atoms with van der Waals surface area (Å²) < 4.78 is 39.7. The van der Waals surface area contributed by atoms with Gasteiger partial charge in [0, 0.05) is 24.7 Å². The van der Waals surface area contributed by atoms with E-state index in [1.165, 1.54) is 12.1 Å². The number of carbonyl (C=O) groups excluding carboxylic acids is 1. The maximum absolute atomic E-state index is 13.5. The van der Waals surface area contributed by atoms with Crippen molar-refractivity contribution in [1.82, 2.24) is 9.62 Å². The molecule has 10 nitrogen and oxygen atoms in total. The summed E-state index contributed by atoms with van der Waals surface area (Å²) >= 11 is 0. The van der Waals surface area contributed by atoms with Gasteiger partial charge in [0.2, 0.25) is 22.7 Å². The lowest BCUT2D eigenvalue weighted by molar-refractivity contribution is -0.133. The van der Waals surface area contributed by atoms with Crippen molar-refractivity contribution in [3.8, 4) is 11.5 Å². The third kappa shape index (κ3) is 5.10. The molecule has 0 bridgehead atoms. The zero-order chi connectivity index (χ0) is 24.3. The van der Waals surface area contributed by atoms with Crippen LogP contribution in [0.25, 0.3) is 0 Å². The van der Waals surface area contributed by atoms with Gasteiger partial charge >= 0.3 is 0 Å². The smallest absolute Gasteiger partial charge is 0.241 e. The minimum Gasteiger partial charge on any atom is -0.454 e. The van der Waals surface area contributed by atoms with Crippen LogP contribution in [-0.2, 0) is 21.2 Å². The number of nitrogens with two attached hydrogens (primary N) is 2. The summed E-state index contributed by atoms with van der Waals surface area (Å²) in [6.07, 6.45) is 4.11. The molecule has 5 N–H and O–H groups in total. The highest BCUT2D eigenvalue weighted by molar-refractivity contribution is 7.89. The first-order valence-corrected chi connectivity index (χ1v) is 12.6. The van der Waals surface area contributed by atoms with Gasteiger partial charge in [-0.05, 0) is 37.0 Å². The van der Waals surface area contributed by atoms with Gasteiger partial charge in [0.15, 0.2) is 11.5 Å². The second kappa shape index (κ2) is 9.90. The van der Waals surface area contributed by atoms with Crippen molar-refractivity contribution in [1.29, 1.82) is 0 Å². The first kappa shape index (κ1) is 23.8. The van der Waals surface area contributed by atoms with Crippen LogP contribution in [0.5, 0.6) is 11.5 Å². The van der Waals surface area contributed by atoms with Crippen LogP contribution in [0.2, 0.25) is 0 Å². The second-order valence-electron chi connectivity index (χ2n) is 8.49. The molecular formula is C23H29N5O5S. The zero-order valence-electron chi connectivity index (χ0n) is 18.9. The molecule has 182 valence electrons. The maximum atomic E-state index is 13.5. The number of hydrogen-bond donors (Lipinski definition) is 3. The van der Waals surface area contributed by atoms with E-state index < -0.39 is 16.1 Å². The first-order chi connectivity index (χ1) is 16.3. The molecule has 2 aromatic rings. The molecule has 11 heteroatoms. The van der Waals surface area contributed by atoms with Crippen molar-refractivity contribution < 1.29 is 22.7 Å². The van der Waals surface area contributed by atoms with Gasteiger partial charge < -0.3 is 25.9 Å². The Bertz CT molecular complexity index is 1180. The van der Waals surface area contributed by atoms with E-state index in [2.05, 4.69) is 9.82 Å². The van der Waals surface area contributed by atoms with Gasteiger partial charge in [0.1, 0.15) is 11.9 Å². The van der Waals surface area contributed by atoms with E-state index in [-0.39, 0.29) is 35.9 Å². The predicted molar refractivity (Wildman–Crippen MR) is 127 cm³/mol. The van der Waals surface area contributed by atoms with Crippen LogP contribution in [0, 0.1) is 0 Å². The van der Waals surface area contributed by atoms with Crippen LogP contribution in [0.3, 0.4) is 0 Å². The molecule has 1 aliphatic heterocycles. The average Bonchev–Trinajstić information content (AvgIpc) is 3.54. The largest absolute Gasteiger partial charge is 0.454 e. The molecule has 4 rings (SSSR count). The van der Waals surface area contributed by atoms with E-state index in [0.717, 1.165) is 31.2 Å². The van der Waals surface area contributed by atoms with E-state index in [1.807, 2.05) is 0 Å². The summed E-state index contributed by atoms with van der Waals surface area (Å²) in [5.74, 6) is 5.97. The summed E-state index contributed by atoms with van der Waals surface area (Å²) in [5, 5.41) is 3.47. The highest BCUT2D eigenvalue weighted by Gasteiger charge is 2.32. The fourth-order valence-corrected chi connectivity index (χ4v) is 5.52. The molecule has 1 aliphatic carbocycles. The van der Waals surface area contributed by atoms with Crippen molar-refractivity contribution in [3.63, 3.8) is 0 Å². The van der Waals surface area contributed by atoms with Gasteiger partial charge in [-0.2, -0.15) is 9.82 Å². The Morgan fingerprint density at radius 3 is 2.50 bits per heavy atom. The molecule has 0 saturated heterocycles. The number of nitrogens with one attached hydrogen (secondary N) is 1. The highest BCUT2D eigenvalue weighted by Crippen LogP contribution is 2.34. The molecule has 0 unspecified atom stereocenters. The Labute approximate surface area is 198 Å². The predicted octanol–water partition coefficient (Wildman–Crippen LogP) is 1.28. The van der Waals surface area contributed by atoms with Crippen molar-refractivity contribution in [2.45, 2.75) is 49.1 Å². The number of nitrogens with zero attached hydrogens (tertiary/aromatic N) is 2. The summed E-state index contributed by atoms with van der Waals surface area (Å²) in [6.45, 7) is 0.0366. The zero-order valence-corrected chi connectivity index (χ0v) is 19.8. The topological polar surface area (TPSA) is 149 Å². The van der Waals surface area contributed by atoms with Crippen molar-refractivity contribution >= 4 is 21.8 Å². The molecule has 1 amide bonds. The molecular weight excluding hydrogens is 458 g/mol. The van der Waals surface area contributed by atoms with Crippen molar-refractivity contribution in [2.24, 2.45) is 16.7 Å². The molecule has 0 spiro atoms. The quantitative estimate of drug-likeness (QED) is 0.220. The third-order valence-corrected chi connectivity index (χ3v) is 7.77. The summed E-state index contributed by atoms with van der Waals surface area (Å²) in [5.41, 5.74) is 7.14. The van der Waals surface area contributed by atoms with Crippen molar-refractivity contribution in [3.05, 3.63) is 53.6 Å². The summed E-state index contributed by atoms with van der Waals surface area (Å²) in [6, 6.07) is 10.5. The monoisotopic (exact) mass is 487 g/mol. The van der Waals surface area contributed by atoms with Crippen LogP contribution < -0.4 is 25.8 Å². The van der Waals surface area contributed by atoms with Crippen LogP contribution in [-0.4, -0.2) is 51.0 Å². The van der Waals surface area contributed by atoms with E-state index in [9.17, 15) is 13.2 Å². The summed E-state index contributed by atoms with van der Waals surface area (Å²) in [7, 11) is -2.28. The Balaban J connectivity index is 1.59. The number of ether oxygens (including phenoxy) is 2. The molecule has 1 heterocycles. The lowest BCUT2D eigenvalue weighted by Crippen LogP contribution is -2.50. The highest BCUT2D eigenvalue weighted by atomic mass is 32.2. The summed E-state index contributed by atoms with van der Waals surface area (Å²) in [4.78, 5) is 15.1. The molecule has 2 aromatic carbocycles. The Morgan fingerprint density at radius 2 is 1.82 bits per heavy atom. The number of hydrogen-bond acceptors (Lipinski definition) is 7. The number of rotatable bonds is 8. The molecule has 2 aliphatic rings. The molecule has 0 aromatic heterocycles. The fourth-order valence-electron chi connectivity index (χ4n) is 4.32. The second-order valence-corrected chi connectivity index (χ2v) is 10.2. The van der Waals surface area contributed by atoms with Gasteiger partial charge in [-0.15, -0.1) is 0 Å².